The predicted octanol–water partition coefficient (Wildman–Crippen LogP) is 1.88. The van der Waals surface area contributed by atoms with Gasteiger partial charge in [-0.05, 0) is 29.0 Å². The first-order chi connectivity index (χ1) is 10.4. The van der Waals surface area contributed by atoms with Crippen LogP contribution in [0.5, 0.6) is 0 Å². The number of hydrogen-bond acceptors (Lipinski definition) is 5. The highest BCUT2D eigenvalue weighted by Gasteiger charge is 2.05. The Bertz CT molecular complexity index is 687. The van der Waals surface area contributed by atoms with Crippen molar-refractivity contribution in [3.05, 3.63) is 48.5 Å². The minimum absolute atomic E-state index is 0.711. The van der Waals surface area contributed by atoms with Gasteiger partial charge in [-0.2, -0.15) is 9.78 Å². The van der Waals surface area contributed by atoms with E-state index in [-0.39, 0.29) is 0 Å². The average Bonchev–Trinajstić information content (AvgIpc) is 3.17. The second kappa shape index (κ2) is 6.17. The average molecular weight is 283 g/mol. The van der Waals surface area contributed by atoms with Crippen LogP contribution in [0, 0.1) is 0 Å². The van der Waals surface area contributed by atoms with Gasteiger partial charge in [0.15, 0.2) is 0 Å². The molecule has 1 N–H and O–H groups in total. The van der Waals surface area contributed by atoms with E-state index in [9.17, 15) is 0 Å². The van der Waals surface area contributed by atoms with Gasteiger partial charge in [0.25, 0.3) is 0 Å². The molecule has 0 aliphatic rings. The highest BCUT2D eigenvalue weighted by Crippen LogP contribution is 2.19. The van der Waals surface area contributed by atoms with Gasteiger partial charge in [-0.1, -0.05) is 19.1 Å². The van der Waals surface area contributed by atoms with Crippen LogP contribution in [0.15, 0.2) is 43.0 Å². The van der Waals surface area contributed by atoms with Crippen LogP contribution in [-0.2, 0) is 13.1 Å². The Morgan fingerprint density at radius 1 is 1.24 bits per heavy atom. The highest BCUT2D eigenvalue weighted by molar-refractivity contribution is 5.60. The molecular formula is C14H17N7. The summed E-state index contributed by atoms with van der Waals surface area (Å²) in [5.41, 5.74) is 3.05. The van der Waals surface area contributed by atoms with Crippen LogP contribution in [0.3, 0.4) is 0 Å². The van der Waals surface area contributed by atoms with Gasteiger partial charge in [-0.15, -0.1) is 5.10 Å². The Morgan fingerprint density at radius 3 is 2.95 bits per heavy atom. The van der Waals surface area contributed by atoms with Crippen LogP contribution in [0.4, 0.5) is 5.69 Å². The number of rotatable bonds is 6. The Kier molecular flexibility index (Phi) is 3.90. The molecule has 21 heavy (non-hydrogen) atoms. The van der Waals surface area contributed by atoms with E-state index in [0.717, 1.165) is 29.9 Å². The van der Waals surface area contributed by atoms with E-state index in [2.05, 4.69) is 39.1 Å². The van der Waals surface area contributed by atoms with Gasteiger partial charge in [0, 0.05) is 24.8 Å². The number of nitrogens with one attached hydrogen (secondary N) is 1. The van der Waals surface area contributed by atoms with Gasteiger partial charge in [-0.25, -0.2) is 0 Å². The zero-order valence-electron chi connectivity index (χ0n) is 11.8. The van der Waals surface area contributed by atoms with Gasteiger partial charge in [0.1, 0.15) is 6.33 Å². The van der Waals surface area contributed by atoms with Crippen molar-refractivity contribution in [3.63, 3.8) is 0 Å². The molecular weight excluding hydrogens is 266 g/mol. The Labute approximate surface area is 122 Å². The van der Waals surface area contributed by atoms with Crippen molar-refractivity contribution < 1.29 is 0 Å². The zero-order valence-corrected chi connectivity index (χ0v) is 11.8. The lowest BCUT2D eigenvalue weighted by atomic mass is 10.2. The molecule has 0 aliphatic carbocycles. The minimum atomic E-state index is 0.711. The van der Waals surface area contributed by atoms with Gasteiger partial charge in [0.05, 0.1) is 17.6 Å². The molecule has 7 heteroatoms. The number of tetrazole rings is 1. The fourth-order valence-corrected chi connectivity index (χ4v) is 2.14. The molecule has 0 fully saturated rings. The maximum Gasteiger partial charge on any atom is 0.143 e. The number of para-hydroxylation sites is 2. The molecule has 7 nitrogen and oxygen atoms in total. The summed E-state index contributed by atoms with van der Waals surface area (Å²) in [4.78, 5) is 0. The molecule has 0 saturated carbocycles. The van der Waals surface area contributed by atoms with Crippen molar-refractivity contribution in [3.8, 4) is 5.69 Å². The lowest BCUT2D eigenvalue weighted by molar-refractivity contribution is 0.602. The molecule has 108 valence electrons. The summed E-state index contributed by atoms with van der Waals surface area (Å²) >= 11 is 0. The summed E-state index contributed by atoms with van der Waals surface area (Å²) in [6.07, 6.45) is 6.62. The van der Waals surface area contributed by atoms with Crippen LogP contribution < -0.4 is 5.32 Å². The summed E-state index contributed by atoms with van der Waals surface area (Å²) < 4.78 is 3.60. The lowest BCUT2D eigenvalue weighted by Crippen LogP contribution is -2.04. The molecule has 0 spiro atoms. The van der Waals surface area contributed by atoms with Crippen molar-refractivity contribution in [2.45, 2.75) is 26.4 Å². The molecule has 2 aromatic heterocycles. The summed E-state index contributed by atoms with van der Waals surface area (Å²) in [6.45, 7) is 3.80. The number of aromatic nitrogens is 6. The molecule has 0 saturated heterocycles. The summed E-state index contributed by atoms with van der Waals surface area (Å²) in [7, 11) is 0. The minimum Gasteiger partial charge on any atom is -0.379 e. The molecule has 1 aromatic carbocycles. The number of nitrogens with zero attached hydrogens (tertiary/aromatic N) is 6. The smallest absolute Gasteiger partial charge is 0.143 e. The van der Waals surface area contributed by atoms with E-state index in [1.807, 2.05) is 35.1 Å². The second-order valence-corrected chi connectivity index (χ2v) is 4.74. The molecule has 0 unspecified atom stereocenters. The molecule has 0 amide bonds. The standard InChI is InChI=1S/C14H17N7/c1-2-7-20-10-12(9-17-20)8-15-13-5-3-4-6-14(13)21-11-16-18-19-21/h3-6,9-11,15H,2,7-8H2,1H3. The van der Waals surface area contributed by atoms with E-state index in [4.69, 9.17) is 0 Å². The topological polar surface area (TPSA) is 73.5 Å². The molecule has 0 radical (unpaired) electrons. The fourth-order valence-electron chi connectivity index (χ4n) is 2.14. The first kappa shape index (κ1) is 13.3. The van der Waals surface area contributed by atoms with Crippen LogP contribution >= 0.6 is 0 Å². The number of benzene rings is 1. The van der Waals surface area contributed by atoms with E-state index in [1.54, 1.807) is 11.0 Å². The Hall–Kier alpha value is -2.70. The van der Waals surface area contributed by atoms with E-state index >= 15 is 0 Å². The normalized spacial score (nSPS) is 10.7. The van der Waals surface area contributed by atoms with Gasteiger partial charge in [-0.3, -0.25) is 4.68 Å². The van der Waals surface area contributed by atoms with Crippen molar-refractivity contribution in [1.29, 1.82) is 0 Å². The van der Waals surface area contributed by atoms with Gasteiger partial charge >= 0.3 is 0 Å². The number of aryl methyl sites for hydroxylation is 1. The first-order valence-corrected chi connectivity index (χ1v) is 6.94. The monoisotopic (exact) mass is 283 g/mol. The molecule has 3 aromatic rings. The third-order valence-electron chi connectivity index (χ3n) is 3.12. The van der Waals surface area contributed by atoms with Crippen molar-refractivity contribution in [1.82, 2.24) is 30.0 Å². The predicted molar refractivity (Wildman–Crippen MR) is 79.0 cm³/mol. The summed E-state index contributed by atoms with van der Waals surface area (Å²) in [5.74, 6) is 0. The maximum absolute atomic E-state index is 4.33. The third kappa shape index (κ3) is 3.07. The van der Waals surface area contributed by atoms with Crippen molar-refractivity contribution >= 4 is 5.69 Å². The van der Waals surface area contributed by atoms with Crippen LogP contribution in [0.25, 0.3) is 5.69 Å². The van der Waals surface area contributed by atoms with E-state index < -0.39 is 0 Å². The third-order valence-corrected chi connectivity index (χ3v) is 3.12. The summed E-state index contributed by atoms with van der Waals surface area (Å²) in [6, 6.07) is 7.92. The molecule has 3 rings (SSSR count). The van der Waals surface area contributed by atoms with Crippen LogP contribution in [0.1, 0.15) is 18.9 Å². The van der Waals surface area contributed by atoms with Crippen molar-refractivity contribution in [2.75, 3.05) is 5.32 Å². The lowest BCUT2D eigenvalue weighted by Gasteiger charge is -2.10. The largest absolute Gasteiger partial charge is 0.379 e. The maximum atomic E-state index is 4.33. The first-order valence-electron chi connectivity index (χ1n) is 6.94. The quantitative estimate of drug-likeness (QED) is 0.747. The van der Waals surface area contributed by atoms with E-state index in [0.29, 0.717) is 6.54 Å². The van der Waals surface area contributed by atoms with Crippen LogP contribution in [0.2, 0.25) is 0 Å². The van der Waals surface area contributed by atoms with E-state index in [1.165, 1.54) is 0 Å². The fraction of sp³-hybridized carbons (Fsp3) is 0.286. The molecule has 0 atom stereocenters. The second-order valence-electron chi connectivity index (χ2n) is 4.74. The SMILES string of the molecule is CCCn1cc(CNc2ccccc2-n2cnnn2)cn1. The van der Waals surface area contributed by atoms with Crippen LogP contribution in [-0.4, -0.2) is 30.0 Å². The molecule has 0 aliphatic heterocycles. The summed E-state index contributed by atoms with van der Waals surface area (Å²) in [5, 5.41) is 19.0. The number of hydrogen-bond donors (Lipinski definition) is 1. The van der Waals surface area contributed by atoms with Crippen molar-refractivity contribution in [2.24, 2.45) is 0 Å². The Morgan fingerprint density at radius 2 is 2.14 bits per heavy atom. The zero-order chi connectivity index (χ0) is 14.5. The molecule has 0 bridgehead atoms. The van der Waals surface area contributed by atoms with Gasteiger partial charge in [0.2, 0.25) is 0 Å². The molecule has 2 heterocycles. The highest BCUT2D eigenvalue weighted by atomic mass is 15.5. The Balaban J connectivity index is 1.73. The number of anilines is 1. The van der Waals surface area contributed by atoms with Gasteiger partial charge < -0.3 is 5.32 Å².